The van der Waals surface area contributed by atoms with E-state index in [0.717, 1.165) is 42.4 Å². The Labute approximate surface area is 177 Å². The number of aryl methyl sites for hydroxylation is 1. The van der Waals surface area contributed by atoms with Gasteiger partial charge in [-0.25, -0.2) is 0 Å². The molecule has 2 amide bonds. The number of hydrogen-bond acceptors (Lipinski definition) is 4. The number of ether oxygens (including phenoxy) is 1. The highest BCUT2D eigenvalue weighted by Crippen LogP contribution is 2.38. The van der Waals surface area contributed by atoms with Gasteiger partial charge in [0.2, 0.25) is 11.8 Å². The van der Waals surface area contributed by atoms with Crippen molar-refractivity contribution in [2.75, 3.05) is 13.2 Å². The van der Waals surface area contributed by atoms with Gasteiger partial charge in [0.05, 0.1) is 31.1 Å². The number of aliphatic hydroxyl groups is 1. The molecular weight excluding hydrogens is 378 g/mol. The fourth-order valence-corrected chi connectivity index (χ4v) is 4.76. The van der Waals surface area contributed by atoms with Crippen LogP contribution < -0.4 is 0 Å². The van der Waals surface area contributed by atoms with E-state index >= 15 is 0 Å². The lowest BCUT2D eigenvalue weighted by Gasteiger charge is -2.24. The lowest BCUT2D eigenvalue weighted by molar-refractivity contribution is -0.142. The number of likely N-dealkylation sites (tertiary alicyclic amines) is 1. The van der Waals surface area contributed by atoms with Crippen molar-refractivity contribution in [1.82, 2.24) is 4.90 Å². The molecule has 2 aromatic rings. The van der Waals surface area contributed by atoms with Crippen LogP contribution in [0.2, 0.25) is 0 Å². The molecule has 1 aliphatic carbocycles. The summed E-state index contributed by atoms with van der Waals surface area (Å²) in [4.78, 5) is 26.6. The fourth-order valence-electron chi connectivity index (χ4n) is 4.76. The Hall–Kier alpha value is -2.50. The lowest BCUT2D eigenvalue weighted by atomic mass is 9.81. The SMILES string of the molecule is Cc1ccccc1C(OCC(O)CN1C(=O)C2CCCCC2C1=O)c1ccccc1. The van der Waals surface area contributed by atoms with Crippen molar-refractivity contribution in [3.8, 4) is 0 Å². The average Bonchev–Trinajstić information content (AvgIpc) is 3.01. The van der Waals surface area contributed by atoms with Crippen molar-refractivity contribution < 1.29 is 19.4 Å². The van der Waals surface area contributed by atoms with Gasteiger partial charge in [-0.2, -0.15) is 0 Å². The number of aliphatic hydroxyl groups excluding tert-OH is 1. The number of amides is 2. The van der Waals surface area contributed by atoms with Gasteiger partial charge in [-0.15, -0.1) is 0 Å². The molecule has 2 aromatic carbocycles. The van der Waals surface area contributed by atoms with Crippen LogP contribution in [0.3, 0.4) is 0 Å². The first-order chi connectivity index (χ1) is 14.6. The summed E-state index contributed by atoms with van der Waals surface area (Å²) in [6.07, 6.45) is 2.30. The third kappa shape index (κ3) is 4.18. The van der Waals surface area contributed by atoms with Gasteiger partial charge >= 0.3 is 0 Å². The van der Waals surface area contributed by atoms with Crippen molar-refractivity contribution in [3.63, 3.8) is 0 Å². The number of rotatable bonds is 7. The zero-order chi connectivity index (χ0) is 21.1. The maximum absolute atomic E-state index is 12.7. The molecule has 5 heteroatoms. The predicted octanol–water partition coefficient (Wildman–Crippen LogP) is 3.64. The number of carbonyl (C=O) groups is 2. The highest BCUT2D eigenvalue weighted by molar-refractivity contribution is 6.05. The summed E-state index contributed by atoms with van der Waals surface area (Å²) in [7, 11) is 0. The van der Waals surface area contributed by atoms with E-state index in [1.54, 1.807) is 0 Å². The van der Waals surface area contributed by atoms with E-state index in [1.807, 2.05) is 61.5 Å². The van der Waals surface area contributed by atoms with Gasteiger partial charge in [0, 0.05) is 0 Å². The Kier molecular flexibility index (Phi) is 6.30. The summed E-state index contributed by atoms with van der Waals surface area (Å²) < 4.78 is 6.16. The molecule has 30 heavy (non-hydrogen) atoms. The van der Waals surface area contributed by atoms with Crippen LogP contribution in [0.4, 0.5) is 0 Å². The summed E-state index contributed by atoms with van der Waals surface area (Å²) in [6, 6.07) is 17.9. The van der Waals surface area contributed by atoms with Crippen LogP contribution in [0.5, 0.6) is 0 Å². The third-order valence-electron chi connectivity index (χ3n) is 6.35. The second-order valence-corrected chi connectivity index (χ2v) is 8.42. The number of carbonyl (C=O) groups excluding carboxylic acids is 2. The molecule has 1 saturated carbocycles. The molecule has 158 valence electrons. The van der Waals surface area contributed by atoms with Gasteiger partial charge in [0.1, 0.15) is 6.10 Å². The topological polar surface area (TPSA) is 66.8 Å². The van der Waals surface area contributed by atoms with Gasteiger partial charge in [0.25, 0.3) is 0 Å². The largest absolute Gasteiger partial charge is 0.389 e. The highest BCUT2D eigenvalue weighted by atomic mass is 16.5. The standard InChI is InChI=1S/C25H29NO4/c1-17-9-5-6-12-20(17)23(18-10-3-2-4-11-18)30-16-19(27)15-26-24(28)21-13-7-8-14-22(21)25(26)29/h2-6,9-12,19,21-23,27H,7-8,13-16H2,1H3. The summed E-state index contributed by atoms with van der Waals surface area (Å²) in [5, 5.41) is 10.6. The number of fused-ring (bicyclic) bond motifs is 1. The highest BCUT2D eigenvalue weighted by Gasteiger charge is 2.48. The van der Waals surface area contributed by atoms with E-state index in [0.29, 0.717) is 0 Å². The average molecular weight is 408 g/mol. The van der Waals surface area contributed by atoms with E-state index in [4.69, 9.17) is 4.74 Å². The molecule has 1 aliphatic heterocycles. The molecule has 1 heterocycles. The zero-order valence-electron chi connectivity index (χ0n) is 17.4. The van der Waals surface area contributed by atoms with Crippen LogP contribution in [-0.4, -0.2) is 41.1 Å². The minimum absolute atomic E-state index is 0.0000514. The van der Waals surface area contributed by atoms with Gasteiger partial charge in [-0.05, 0) is 36.5 Å². The van der Waals surface area contributed by atoms with E-state index in [-0.39, 0.29) is 42.9 Å². The summed E-state index contributed by atoms with van der Waals surface area (Å²) in [6.45, 7) is 2.08. The zero-order valence-corrected chi connectivity index (χ0v) is 17.4. The van der Waals surface area contributed by atoms with Crippen LogP contribution in [0.25, 0.3) is 0 Å². The Bertz CT molecular complexity index is 873. The third-order valence-corrected chi connectivity index (χ3v) is 6.35. The van der Waals surface area contributed by atoms with Crippen molar-refractivity contribution in [2.45, 2.75) is 44.8 Å². The number of nitrogens with zero attached hydrogens (tertiary/aromatic N) is 1. The van der Waals surface area contributed by atoms with E-state index in [2.05, 4.69) is 0 Å². The smallest absolute Gasteiger partial charge is 0.233 e. The monoisotopic (exact) mass is 407 g/mol. The molecule has 0 bridgehead atoms. The first kappa shape index (κ1) is 20.8. The molecule has 0 aromatic heterocycles. The van der Waals surface area contributed by atoms with Crippen LogP contribution in [0, 0.1) is 18.8 Å². The van der Waals surface area contributed by atoms with Crippen LogP contribution in [-0.2, 0) is 14.3 Å². The van der Waals surface area contributed by atoms with Crippen LogP contribution >= 0.6 is 0 Å². The van der Waals surface area contributed by atoms with Crippen molar-refractivity contribution in [1.29, 1.82) is 0 Å². The summed E-state index contributed by atoms with van der Waals surface area (Å²) in [5.41, 5.74) is 3.14. The van der Waals surface area contributed by atoms with Gasteiger partial charge in [-0.3, -0.25) is 14.5 Å². The number of imide groups is 1. The minimum Gasteiger partial charge on any atom is -0.389 e. The number of benzene rings is 2. The van der Waals surface area contributed by atoms with Crippen LogP contribution in [0.1, 0.15) is 48.5 Å². The van der Waals surface area contributed by atoms with E-state index in [1.165, 1.54) is 4.90 Å². The van der Waals surface area contributed by atoms with E-state index < -0.39 is 6.10 Å². The van der Waals surface area contributed by atoms with Crippen molar-refractivity contribution in [2.24, 2.45) is 11.8 Å². The molecule has 1 saturated heterocycles. The summed E-state index contributed by atoms with van der Waals surface area (Å²) in [5.74, 6) is -0.628. The molecule has 2 aliphatic rings. The van der Waals surface area contributed by atoms with Gasteiger partial charge in [-0.1, -0.05) is 67.4 Å². The molecule has 2 fully saturated rings. The van der Waals surface area contributed by atoms with Crippen molar-refractivity contribution in [3.05, 3.63) is 71.3 Å². The molecular formula is C25H29NO4. The molecule has 0 radical (unpaired) electrons. The molecule has 5 nitrogen and oxygen atoms in total. The van der Waals surface area contributed by atoms with Crippen molar-refractivity contribution >= 4 is 11.8 Å². The number of hydrogen-bond donors (Lipinski definition) is 1. The molecule has 1 N–H and O–H groups in total. The molecule has 4 atom stereocenters. The molecule has 4 rings (SSSR count). The Morgan fingerprint density at radius 2 is 1.57 bits per heavy atom. The number of β-amino-alcohol motifs (C(OH)–C–C–N with tert-alkyl or cyclic N) is 1. The van der Waals surface area contributed by atoms with Crippen LogP contribution in [0.15, 0.2) is 54.6 Å². The summed E-state index contributed by atoms with van der Waals surface area (Å²) >= 11 is 0. The second kappa shape index (κ2) is 9.11. The Balaban J connectivity index is 1.44. The normalized spacial score (nSPS) is 23.3. The minimum atomic E-state index is -0.923. The van der Waals surface area contributed by atoms with Gasteiger partial charge < -0.3 is 9.84 Å². The maximum Gasteiger partial charge on any atom is 0.233 e. The first-order valence-electron chi connectivity index (χ1n) is 10.8. The quantitative estimate of drug-likeness (QED) is 0.712. The fraction of sp³-hybridized carbons (Fsp3) is 0.440. The van der Waals surface area contributed by atoms with E-state index in [9.17, 15) is 14.7 Å². The predicted molar refractivity (Wildman–Crippen MR) is 114 cm³/mol. The molecule has 4 unspecified atom stereocenters. The lowest BCUT2D eigenvalue weighted by Crippen LogP contribution is -2.39. The van der Waals surface area contributed by atoms with Gasteiger partial charge in [0.15, 0.2) is 0 Å². The first-order valence-corrected chi connectivity index (χ1v) is 10.8. The molecule has 0 spiro atoms. The second-order valence-electron chi connectivity index (χ2n) is 8.42. The Morgan fingerprint density at radius 3 is 2.20 bits per heavy atom. The Morgan fingerprint density at radius 1 is 0.967 bits per heavy atom. The maximum atomic E-state index is 12.7.